The maximum absolute atomic E-state index is 8.96. The molecule has 1 nitrogen and oxygen atoms in total. The molecular formula is C9H18O. The highest BCUT2D eigenvalue weighted by molar-refractivity contribution is 5.02. The molecule has 0 amide bonds. The summed E-state index contributed by atoms with van der Waals surface area (Å²) in [6.45, 7) is 8.62. The molecule has 0 unspecified atom stereocenters. The predicted octanol–water partition coefficient (Wildman–Crippen LogP) is 2.22. The van der Waals surface area contributed by atoms with Gasteiger partial charge in [-0.3, -0.25) is 0 Å². The number of allylic oxidation sites excluding steroid dienone is 1. The van der Waals surface area contributed by atoms with Crippen LogP contribution in [-0.4, -0.2) is 11.7 Å². The van der Waals surface area contributed by atoms with Crippen molar-refractivity contribution in [2.75, 3.05) is 6.61 Å². The van der Waals surface area contributed by atoms with Crippen molar-refractivity contribution >= 4 is 0 Å². The molecule has 0 fully saturated rings. The molecule has 0 aliphatic carbocycles. The Hall–Kier alpha value is -0.300. The van der Waals surface area contributed by atoms with E-state index in [2.05, 4.69) is 26.8 Å². The van der Waals surface area contributed by atoms with Gasteiger partial charge in [-0.05, 0) is 19.8 Å². The van der Waals surface area contributed by atoms with Crippen LogP contribution in [0.25, 0.3) is 0 Å². The lowest BCUT2D eigenvalue weighted by molar-refractivity contribution is 0.213. The highest BCUT2D eigenvalue weighted by Crippen LogP contribution is 2.18. The van der Waals surface area contributed by atoms with Crippen molar-refractivity contribution in [1.82, 2.24) is 0 Å². The van der Waals surface area contributed by atoms with Crippen LogP contribution in [0.4, 0.5) is 0 Å². The lowest BCUT2D eigenvalue weighted by atomic mass is 9.90. The lowest BCUT2D eigenvalue weighted by Gasteiger charge is -2.18. The summed E-state index contributed by atoms with van der Waals surface area (Å²) in [6, 6.07) is 0. The maximum Gasteiger partial charge on any atom is 0.0498 e. The van der Waals surface area contributed by atoms with Gasteiger partial charge >= 0.3 is 0 Å². The zero-order valence-corrected chi connectivity index (χ0v) is 7.39. The fourth-order valence-corrected chi connectivity index (χ4v) is 1.09. The third kappa shape index (κ3) is 2.53. The van der Waals surface area contributed by atoms with Crippen molar-refractivity contribution in [2.24, 2.45) is 11.8 Å². The average molecular weight is 142 g/mol. The van der Waals surface area contributed by atoms with E-state index >= 15 is 0 Å². The highest BCUT2D eigenvalue weighted by Gasteiger charge is 2.12. The molecule has 0 heterocycles. The molecule has 0 aliphatic rings. The lowest BCUT2D eigenvalue weighted by Crippen LogP contribution is -2.14. The van der Waals surface area contributed by atoms with Gasteiger partial charge in [0.1, 0.15) is 0 Å². The Bertz CT molecular complexity index is 114. The van der Waals surface area contributed by atoms with Crippen LogP contribution in [0.2, 0.25) is 0 Å². The van der Waals surface area contributed by atoms with E-state index in [0.29, 0.717) is 11.8 Å². The summed E-state index contributed by atoms with van der Waals surface area (Å²) in [4.78, 5) is 0. The van der Waals surface area contributed by atoms with Gasteiger partial charge in [-0.1, -0.05) is 25.5 Å². The third-order valence-corrected chi connectivity index (χ3v) is 2.04. The average Bonchev–Trinajstić information content (AvgIpc) is 1.88. The Balaban J connectivity index is 4.07. The molecule has 0 bridgehead atoms. The SMILES string of the molecule is C/C=C(/C)[C@H](CO)C(C)C. The summed E-state index contributed by atoms with van der Waals surface area (Å²) in [5, 5.41) is 8.96. The van der Waals surface area contributed by atoms with Crippen LogP contribution in [0, 0.1) is 11.8 Å². The molecule has 0 spiro atoms. The minimum absolute atomic E-state index is 0.272. The van der Waals surface area contributed by atoms with Gasteiger partial charge in [-0.2, -0.15) is 0 Å². The maximum atomic E-state index is 8.96. The van der Waals surface area contributed by atoms with Gasteiger partial charge < -0.3 is 5.11 Å². The minimum atomic E-state index is 0.272. The quantitative estimate of drug-likeness (QED) is 0.599. The first-order valence-electron chi connectivity index (χ1n) is 3.87. The summed E-state index contributed by atoms with van der Waals surface area (Å²) >= 11 is 0. The monoisotopic (exact) mass is 142 g/mol. The number of rotatable bonds is 3. The number of aliphatic hydroxyl groups is 1. The van der Waals surface area contributed by atoms with Crippen molar-refractivity contribution in [2.45, 2.75) is 27.7 Å². The van der Waals surface area contributed by atoms with Crippen LogP contribution in [0.5, 0.6) is 0 Å². The van der Waals surface area contributed by atoms with Crippen molar-refractivity contribution in [3.05, 3.63) is 11.6 Å². The van der Waals surface area contributed by atoms with Gasteiger partial charge in [0.25, 0.3) is 0 Å². The minimum Gasteiger partial charge on any atom is -0.396 e. The van der Waals surface area contributed by atoms with Crippen molar-refractivity contribution < 1.29 is 5.11 Å². The summed E-state index contributed by atoms with van der Waals surface area (Å²) in [6.07, 6.45) is 2.07. The number of hydrogen-bond acceptors (Lipinski definition) is 1. The van der Waals surface area contributed by atoms with Crippen LogP contribution in [0.1, 0.15) is 27.7 Å². The Morgan fingerprint density at radius 3 is 2.10 bits per heavy atom. The predicted molar refractivity (Wildman–Crippen MR) is 44.8 cm³/mol. The van der Waals surface area contributed by atoms with Crippen LogP contribution in [0.15, 0.2) is 11.6 Å². The topological polar surface area (TPSA) is 20.2 Å². The second-order valence-electron chi connectivity index (χ2n) is 3.07. The first kappa shape index (κ1) is 9.70. The van der Waals surface area contributed by atoms with E-state index in [1.54, 1.807) is 0 Å². The molecule has 1 atom stereocenters. The zero-order valence-electron chi connectivity index (χ0n) is 7.39. The smallest absolute Gasteiger partial charge is 0.0498 e. The molecule has 60 valence electrons. The van der Waals surface area contributed by atoms with Crippen LogP contribution in [0.3, 0.4) is 0 Å². The van der Waals surface area contributed by atoms with E-state index in [4.69, 9.17) is 5.11 Å². The second kappa shape index (κ2) is 4.51. The van der Waals surface area contributed by atoms with E-state index in [0.717, 1.165) is 0 Å². The Morgan fingerprint density at radius 1 is 1.50 bits per heavy atom. The van der Waals surface area contributed by atoms with Gasteiger partial charge in [-0.25, -0.2) is 0 Å². The van der Waals surface area contributed by atoms with Crippen molar-refractivity contribution in [3.63, 3.8) is 0 Å². The third-order valence-electron chi connectivity index (χ3n) is 2.04. The molecular weight excluding hydrogens is 124 g/mol. The van der Waals surface area contributed by atoms with E-state index in [9.17, 15) is 0 Å². The normalized spacial score (nSPS) is 16.0. The number of hydrogen-bond donors (Lipinski definition) is 1. The zero-order chi connectivity index (χ0) is 8.15. The van der Waals surface area contributed by atoms with E-state index in [1.165, 1.54) is 5.57 Å². The Labute approximate surface area is 63.8 Å². The molecule has 0 saturated heterocycles. The van der Waals surface area contributed by atoms with Crippen molar-refractivity contribution in [1.29, 1.82) is 0 Å². The highest BCUT2D eigenvalue weighted by atomic mass is 16.3. The van der Waals surface area contributed by atoms with Gasteiger partial charge in [0, 0.05) is 12.5 Å². The fourth-order valence-electron chi connectivity index (χ4n) is 1.09. The molecule has 10 heavy (non-hydrogen) atoms. The molecule has 0 rings (SSSR count). The summed E-state index contributed by atoms with van der Waals surface area (Å²) in [7, 11) is 0. The second-order valence-corrected chi connectivity index (χ2v) is 3.07. The fraction of sp³-hybridized carbons (Fsp3) is 0.778. The largest absolute Gasteiger partial charge is 0.396 e. The summed E-state index contributed by atoms with van der Waals surface area (Å²) < 4.78 is 0. The van der Waals surface area contributed by atoms with Gasteiger partial charge in [0.15, 0.2) is 0 Å². The molecule has 0 aromatic carbocycles. The van der Waals surface area contributed by atoms with E-state index < -0.39 is 0 Å². The van der Waals surface area contributed by atoms with Gasteiger partial charge in [-0.15, -0.1) is 0 Å². The van der Waals surface area contributed by atoms with Gasteiger partial charge in [0.05, 0.1) is 0 Å². The van der Waals surface area contributed by atoms with Crippen LogP contribution >= 0.6 is 0 Å². The van der Waals surface area contributed by atoms with Crippen LogP contribution in [-0.2, 0) is 0 Å². The van der Waals surface area contributed by atoms with Crippen molar-refractivity contribution in [3.8, 4) is 0 Å². The van der Waals surface area contributed by atoms with E-state index in [-0.39, 0.29) is 6.61 Å². The van der Waals surface area contributed by atoms with Crippen LogP contribution < -0.4 is 0 Å². The first-order chi connectivity index (χ1) is 4.63. The molecule has 1 heteroatoms. The Morgan fingerprint density at radius 2 is 2.00 bits per heavy atom. The van der Waals surface area contributed by atoms with Gasteiger partial charge in [0.2, 0.25) is 0 Å². The first-order valence-corrected chi connectivity index (χ1v) is 3.87. The molecule has 0 saturated carbocycles. The standard InChI is InChI=1S/C9H18O/c1-5-8(4)9(6-10)7(2)3/h5,7,9-10H,6H2,1-4H3/b8-5-/t9-/m1/s1. The molecule has 0 aliphatic heterocycles. The summed E-state index contributed by atoms with van der Waals surface area (Å²) in [5.41, 5.74) is 1.29. The molecule has 0 aromatic rings. The van der Waals surface area contributed by atoms with E-state index in [1.807, 2.05) is 6.92 Å². The Kier molecular flexibility index (Phi) is 4.37. The molecule has 1 N–H and O–H groups in total. The molecule has 0 radical (unpaired) electrons. The summed E-state index contributed by atoms with van der Waals surface area (Å²) in [5.74, 6) is 0.895. The number of aliphatic hydroxyl groups excluding tert-OH is 1. The molecule has 0 aromatic heterocycles.